The third kappa shape index (κ3) is 3.49. The van der Waals surface area contributed by atoms with Crippen molar-refractivity contribution in [3.63, 3.8) is 0 Å². The Kier molecular flexibility index (Phi) is 5.28. The third-order valence-corrected chi connectivity index (χ3v) is 6.29. The van der Waals surface area contributed by atoms with Gasteiger partial charge in [0.15, 0.2) is 6.29 Å². The summed E-state index contributed by atoms with van der Waals surface area (Å²) in [6.45, 7) is 1.83. The molecule has 9 nitrogen and oxygen atoms in total. The minimum absolute atomic E-state index is 0.190. The van der Waals surface area contributed by atoms with Crippen molar-refractivity contribution in [1.82, 2.24) is 25.0 Å². The van der Waals surface area contributed by atoms with E-state index >= 15 is 0 Å². The zero-order chi connectivity index (χ0) is 22.2. The maximum Gasteiger partial charge on any atom is 0.327 e. The number of carbonyl (C=O) groups is 2. The maximum absolute atomic E-state index is 13.1. The maximum atomic E-state index is 13.1. The van der Waals surface area contributed by atoms with Gasteiger partial charge in [0.2, 0.25) is 0 Å². The van der Waals surface area contributed by atoms with Gasteiger partial charge in [-0.05, 0) is 17.7 Å². The molecule has 3 unspecified atom stereocenters. The predicted molar refractivity (Wildman–Crippen MR) is 122 cm³/mol. The lowest BCUT2D eigenvalue weighted by atomic mass is 10.1. The number of urea groups is 1. The van der Waals surface area contributed by atoms with Gasteiger partial charge in [0.05, 0.1) is 12.3 Å². The van der Waals surface area contributed by atoms with E-state index in [2.05, 4.69) is 15.5 Å². The molecule has 3 aliphatic rings. The van der Waals surface area contributed by atoms with Crippen molar-refractivity contribution < 1.29 is 9.59 Å². The first-order valence-corrected chi connectivity index (χ1v) is 10.8. The highest BCUT2D eigenvalue weighted by molar-refractivity contribution is 6.04. The van der Waals surface area contributed by atoms with Crippen LogP contribution in [0.15, 0.2) is 65.8 Å². The quantitative estimate of drug-likeness (QED) is 0.738. The van der Waals surface area contributed by atoms with Crippen LogP contribution in [-0.2, 0) is 4.79 Å². The zero-order valence-electron chi connectivity index (χ0n) is 18.2. The van der Waals surface area contributed by atoms with E-state index in [1.807, 2.05) is 65.7 Å². The lowest BCUT2D eigenvalue weighted by molar-refractivity contribution is -0.137. The van der Waals surface area contributed by atoms with Crippen LogP contribution >= 0.6 is 0 Å². The van der Waals surface area contributed by atoms with Crippen molar-refractivity contribution in [3.8, 4) is 0 Å². The molecule has 2 aromatic rings. The molecule has 3 atom stereocenters. The van der Waals surface area contributed by atoms with Crippen molar-refractivity contribution >= 4 is 23.3 Å². The molecular weight excluding hydrogens is 406 g/mol. The standard InChI is InChI=1S/C23H27N7O2/c1-27-20-19(21(31)28(2)23(27)32)29-15-18(16-9-5-3-6-10-16)26-30(22(29)25-20)14-13-24-17-11-7-4-8-12-17/h3-12,19-20,22,24-25H,13-15H2,1-2H3. The summed E-state index contributed by atoms with van der Waals surface area (Å²) in [5.41, 5.74) is 2.97. The number of nitrogens with zero attached hydrogens (tertiary/aromatic N) is 5. The smallest absolute Gasteiger partial charge is 0.327 e. The first-order valence-electron chi connectivity index (χ1n) is 10.8. The van der Waals surface area contributed by atoms with E-state index in [4.69, 9.17) is 5.10 Å². The van der Waals surface area contributed by atoms with E-state index in [9.17, 15) is 9.59 Å². The zero-order valence-corrected chi connectivity index (χ0v) is 18.2. The normalized spacial score (nSPS) is 25.5. The molecule has 0 spiro atoms. The van der Waals surface area contributed by atoms with E-state index in [1.54, 1.807) is 19.0 Å². The Morgan fingerprint density at radius 1 is 1.03 bits per heavy atom. The van der Waals surface area contributed by atoms with Crippen molar-refractivity contribution in [1.29, 1.82) is 0 Å². The Balaban J connectivity index is 1.42. The number of nitrogens with one attached hydrogen (secondary N) is 2. The SMILES string of the molecule is CN1C(=O)C2C(NC3N(CCNc4ccccc4)N=C(c4ccccc4)CN23)N(C)C1=O. The van der Waals surface area contributed by atoms with Gasteiger partial charge < -0.3 is 10.2 Å². The number of anilines is 1. The molecule has 32 heavy (non-hydrogen) atoms. The molecule has 3 heterocycles. The van der Waals surface area contributed by atoms with Crippen LogP contribution in [0.1, 0.15) is 5.56 Å². The van der Waals surface area contributed by atoms with Crippen LogP contribution in [0.25, 0.3) is 0 Å². The van der Waals surface area contributed by atoms with Gasteiger partial charge in [-0.1, -0.05) is 48.5 Å². The number of likely N-dealkylation sites (N-methyl/N-ethyl adjacent to an activating group) is 2. The molecule has 3 amide bonds. The monoisotopic (exact) mass is 433 g/mol. The van der Waals surface area contributed by atoms with Crippen molar-refractivity contribution in [2.45, 2.75) is 18.5 Å². The Hall–Kier alpha value is -3.43. The Bertz CT molecular complexity index is 1030. The summed E-state index contributed by atoms with van der Waals surface area (Å²) in [5, 5.41) is 13.8. The summed E-state index contributed by atoms with van der Waals surface area (Å²) in [5.74, 6) is -0.190. The van der Waals surface area contributed by atoms with Crippen molar-refractivity contribution in [3.05, 3.63) is 66.2 Å². The van der Waals surface area contributed by atoms with Crippen molar-refractivity contribution in [2.75, 3.05) is 39.0 Å². The average molecular weight is 434 g/mol. The fourth-order valence-electron chi connectivity index (χ4n) is 4.60. The highest BCUT2D eigenvalue weighted by Crippen LogP contribution is 2.30. The van der Waals surface area contributed by atoms with Crippen LogP contribution < -0.4 is 10.6 Å². The van der Waals surface area contributed by atoms with Gasteiger partial charge in [0.25, 0.3) is 5.91 Å². The second kappa shape index (κ2) is 8.25. The summed E-state index contributed by atoms with van der Waals surface area (Å²) >= 11 is 0. The number of hydrazone groups is 1. The summed E-state index contributed by atoms with van der Waals surface area (Å²) in [4.78, 5) is 30.5. The Labute approximate surface area is 187 Å². The van der Waals surface area contributed by atoms with Crippen LogP contribution in [0.4, 0.5) is 10.5 Å². The van der Waals surface area contributed by atoms with Gasteiger partial charge in [-0.15, -0.1) is 0 Å². The molecule has 2 saturated heterocycles. The summed E-state index contributed by atoms with van der Waals surface area (Å²) in [6, 6.07) is 19.3. The van der Waals surface area contributed by atoms with E-state index < -0.39 is 12.2 Å². The van der Waals surface area contributed by atoms with Gasteiger partial charge in [-0.2, -0.15) is 5.10 Å². The van der Waals surface area contributed by atoms with E-state index in [1.165, 1.54) is 4.90 Å². The summed E-state index contributed by atoms with van der Waals surface area (Å²) in [6.07, 6.45) is -0.674. The molecule has 0 aromatic heterocycles. The van der Waals surface area contributed by atoms with Gasteiger partial charge in [-0.25, -0.2) is 9.69 Å². The lowest BCUT2D eigenvalue weighted by Crippen LogP contribution is -2.65. The first-order chi connectivity index (χ1) is 15.5. The number of carbonyl (C=O) groups excluding carboxylic acids is 2. The molecule has 0 saturated carbocycles. The summed E-state index contributed by atoms with van der Waals surface area (Å²) < 4.78 is 0. The average Bonchev–Trinajstić information content (AvgIpc) is 3.22. The lowest BCUT2D eigenvalue weighted by Gasteiger charge is -2.41. The van der Waals surface area contributed by atoms with Crippen molar-refractivity contribution in [2.24, 2.45) is 5.10 Å². The summed E-state index contributed by atoms with van der Waals surface area (Å²) in [7, 11) is 3.27. The molecule has 0 radical (unpaired) electrons. The van der Waals surface area contributed by atoms with Crippen LogP contribution in [0.2, 0.25) is 0 Å². The van der Waals surface area contributed by atoms with Crippen LogP contribution in [0.3, 0.4) is 0 Å². The van der Waals surface area contributed by atoms with Crippen LogP contribution in [0.5, 0.6) is 0 Å². The number of hydrogen-bond acceptors (Lipinski definition) is 7. The first kappa shape index (κ1) is 20.5. The second-order valence-electron chi connectivity index (χ2n) is 8.26. The topological polar surface area (TPSA) is 83.5 Å². The minimum atomic E-state index is -0.466. The van der Waals surface area contributed by atoms with Gasteiger partial charge >= 0.3 is 6.03 Å². The molecule has 2 fully saturated rings. The molecular formula is C23H27N7O2. The number of amides is 3. The van der Waals surface area contributed by atoms with Gasteiger partial charge in [0, 0.05) is 32.9 Å². The highest BCUT2D eigenvalue weighted by atomic mass is 16.2. The third-order valence-electron chi connectivity index (χ3n) is 6.29. The van der Waals surface area contributed by atoms with Crippen LogP contribution in [-0.4, -0.2) is 89.6 Å². The van der Waals surface area contributed by atoms with E-state index in [0.29, 0.717) is 19.6 Å². The van der Waals surface area contributed by atoms with Gasteiger partial charge in [0.1, 0.15) is 12.2 Å². The molecule has 5 rings (SSSR count). The molecule has 166 valence electrons. The van der Waals surface area contributed by atoms with Crippen LogP contribution in [0, 0.1) is 0 Å². The molecule has 3 aliphatic heterocycles. The minimum Gasteiger partial charge on any atom is -0.383 e. The molecule has 0 aliphatic carbocycles. The number of benzene rings is 2. The van der Waals surface area contributed by atoms with Gasteiger partial charge in [-0.3, -0.25) is 20.0 Å². The molecule has 0 bridgehead atoms. The fourth-order valence-corrected chi connectivity index (χ4v) is 4.60. The van der Waals surface area contributed by atoms with E-state index in [-0.39, 0.29) is 18.2 Å². The number of fused-ring (bicyclic) bond motifs is 3. The molecule has 9 heteroatoms. The number of rotatable bonds is 5. The fraction of sp³-hybridized carbons (Fsp3) is 0.348. The highest BCUT2D eigenvalue weighted by Gasteiger charge is 2.55. The number of hydrogen-bond donors (Lipinski definition) is 2. The molecule has 2 aromatic carbocycles. The Morgan fingerprint density at radius 2 is 1.72 bits per heavy atom. The number of imide groups is 1. The second-order valence-corrected chi connectivity index (χ2v) is 8.26. The largest absolute Gasteiger partial charge is 0.383 e. The Morgan fingerprint density at radius 3 is 2.44 bits per heavy atom. The molecule has 2 N–H and O–H groups in total. The van der Waals surface area contributed by atoms with E-state index in [0.717, 1.165) is 17.0 Å². The number of para-hydroxylation sites is 1. The predicted octanol–water partition coefficient (Wildman–Crippen LogP) is 1.23.